The first kappa shape index (κ1) is 13.9. The van der Waals surface area contributed by atoms with Gasteiger partial charge in [0.1, 0.15) is 6.61 Å². The van der Waals surface area contributed by atoms with E-state index in [4.69, 9.17) is 4.74 Å². The van der Waals surface area contributed by atoms with Crippen molar-refractivity contribution >= 4 is 6.09 Å². The molecule has 0 unspecified atom stereocenters. The highest BCUT2D eigenvalue weighted by molar-refractivity contribution is 5.66. The first-order valence-corrected chi connectivity index (χ1v) is 7.23. The van der Waals surface area contributed by atoms with Gasteiger partial charge in [-0.1, -0.05) is 62.4 Å². The third-order valence-electron chi connectivity index (χ3n) is 3.71. The van der Waals surface area contributed by atoms with E-state index in [1.54, 1.807) is 0 Å². The topological polar surface area (TPSA) is 40.4 Å². The Balaban J connectivity index is 1.57. The molecule has 1 saturated carbocycles. The summed E-state index contributed by atoms with van der Waals surface area (Å²) in [4.78, 5) is 11.5. The molecule has 19 heavy (non-hydrogen) atoms. The molecule has 0 bridgehead atoms. The van der Waals surface area contributed by atoms with Crippen molar-refractivity contribution in [2.24, 2.45) is 5.92 Å². The van der Waals surface area contributed by atoms with Crippen molar-refractivity contribution in [3.8, 4) is 0 Å². The molecule has 0 N–H and O–H groups in total. The van der Waals surface area contributed by atoms with Gasteiger partial charge < -0.3 is 4.74 Å². The zero-order chi connectivity index (χ0) is 13.3. The largest absolute Gasteiger partial charge is 0.443 e. The van der Waals surface area contributed by atoms with E-state index in [0.29, 0.717) is 13.2 Å². The molecule has 0 heterocycles. The van der Waals surface area contributed by atoms with Gasteiger partial charge in [-0.2, -0.15) is 0 Å². The fourth-order valence-corrected chi connectivity index (χ4v) is 2.58. The maximum Gasteiger partial charge on any atom is 0.429 e. The van der Waals surface area contributed by atoms with Gasteiger partial charge in [0.05, 0.1) is 0 Å². The normalized spacial score (nSPS) is 16.0. The quantitative estimate of drug-likeness (QED) is 0.805. The maximum atomic E-state index is 11.5. The molecule has 0 saturated heterocycles. The van der Waals surface area contributed by atoms with Crippen molar-refractivity contribution in [1.82, 2.24) is 5.32 Å². The van der Waals surface area contributed by atoms with E-state index in [-0.39, 0.29) is 0 Å². The molecule has 1 radical (unpaired) electrons. The van der Waals surface area contributed by atoms with Crippen LogP contribution < -0.4 is 5.32 Å². The first-order valence-electron chi connectivity index (χ1n) is 7.23. The zero-order valence-electron chi connectivity index (χ0n) is 11.4. The number of amides is 1. The summed E-state index contributed by atoms with van der Waals surface area (Å²) in [6.45, 7) is 0.922. The van der Waals surface area contributed by atoms with Crippen LogP contribution in [0.2, 0.25) is 0 Å². The van der Waals surface area contributed by atoms with Crippen LogP contribution in [0.5, 0.6) is 0 Å². The Morgan fingerprint density at radius 2 is 1.89 bits per heavy atom. The molecule has 1 aliphatic carbocycles. The van der Waals surface area contributed by atoms with Crippen LogP contribution in [-0.2, 0) is 11.3 Å². The molecule has 3 nitrogen and oxygen atoms in total. The van der Waals surface area contributed by atoms with Gasteiger partial charge in [0, 0.05) is 6.54 Å². The SMILES string of the molecule is O=C([N]CCC1CCCCC1)OCc1ccccc1. The Hall–Kier alpha value is -1.51. The highest BCUT2D eigenvalue weighted by Crippen LogP contribution is 2.25. The standard InChI is InChI=1S/C16H22NO2/c18-16(19-13-15-9-5-2-6-10-15)17-12-11-14-7-3-1-4-8-14/h2,5-6,9-10,14H,1,3-4,7-8,11-13H2. The molecule has 3 heteroatoms. The fourth-order valence-electron chi connectivity index (χ4n) is 2.58. The smallest absolute Gasteiger partial charge is 0.429 e. The van der Waals surface area contributed by atoms with Crippen LogP contribution in [0.15, 0.2) is 30.3 Å². The Morgan fingerprint density at radius 3 is 2.63 bits per heavy atom. The van der Waals surface area contributed by atoms with E-state index in [0.717, 1.165) is 17.9 Å². The Kier molecular flexibility index (Phi) is 5.73. The van der Waals surface area contributed by atoms with Crippen LogP contribution in [0.25, 0.3) is 0 Å². The molecule has 0 atom stereocenters. The van der Waals surface area contributed by atoms with Crippen molar-refractivity contribution in [2.45, 2.75) is 45.1 Å². The second kappa shape index (κ2) is 7.82. The summed E-state index contributed by atoms with van der Waals surface area (Å²) in [6, 6.07) is 9.69. The summed E-state index contributed by atoms with van der Waals surface area (Å²) < 4.78 is 5.11. The first-order chi connectivity index (χ1) is 9.34. The molecule has 0 spiro atoms. The van der Waals surface area contributed by atoms with E-state index >= 15 is 0 Å². The Labute approximate surface area is 115 Å². The lowest BCUT2D eigenvalue weighted by molar-refractivity contribution is 0.137. The highest BCUT2D eigenvalue weighted by Gasteiger charge is 2.14. The minimum atomic E-state index is -0.431. The van der Waals surface area contributed by atoms with Gasteiger partial charge in [0.15, 0.2) is 0 Å². The third-order valence-corrected chi connectivity index (χ3v) is 3.71. The molecule has 103 valence electrons. The van der Waals surface area contributed by atoms with Crippen molar-refractivity contribution < 1.29 is 9.53 Å². The van der Waals surface area contributed by atoms with Gasteiger partial charge in [0.2, 0.25) is 0 Å². The van der Waals surface area contributed by atoms with Gasteiger partial charge in [0.25, 0.3) is 0 Å². The molecule has 2 rings (SSSR count). The predicted octanol–water partition coefficient (Wildman–Crippen LogP) is 3.90. The van der Waals surface area contributed by atoms with Gasteiger partial charge in [-0.05, 0) is 17.9 Å². The van der Waals surface area contributed by atoms with E-state index in [1.165, 1.54) is 32.1 Å². The molecule has 1 aromatic rings. The summed E-state index contributed by atoms with van der Waals surface area (Å²) >= 11 is 0. The van der Waals surface area contributed by atoms with E-state index in [2.05, 4.69) is 5.32 Å². The van der Waals surface area contributed by atoms with Crippen LogP contribution in [-0.4, -0.2) is 12.6 Å². The minimum Gasteiger partial charge on any atom is -0.443 e. The summed E-state index contributed by atoms with van der Waals surface area (Å²) in [6.07, 6.45) is 7.24. The number of benzene rings is 1. The molecular formula is C16H22NO2. The number of carbonyl (C=O) groups is 1. The lowest BCUT2D eigenvalue weighted by Gasteiger charge is -2.20. The van der Waals surface area contributed by atoms with Gasteiger partial charge in [-0.25, -0.2) is 10.1 Å². The predicted molar refractivity (Wildman–Crippen MR) is 74.8 cm³/mol. The van der Waals surface area contributed by atoms with Gasteiger partial charge >= 0.3 is 6.09 Å². The number of rotatable bonds is 5. The second-order valence-corrected chi connectivity index (χ2v) is 5.21. The van der Waals surface area contributed by atoms with Crippen LogP contribution in [0, 0.1) is 5.92 Å². The van der Waals surface area contributed by atoms with Crippen molar-refractivity contribution in [3.05, 3.63) is 35.9 Å². The van der Waals surface area contributed by atoms with Gasteiger partial charge in [-0.3, -0.25) is 0 Å². The number of carbonyl (C=O) groups excluding carboxylic acids is 1. The summed E-state index contributed by atoms with van der Waals surface area (Å²) in [5, 5.41) is 3.97. The van der Waals surface area contributed by atoms with Crippen LogP contribution in [0.3, 0.4) is 0 Å². The molecule has 1 aromatic carbocycles. The lowest BCUT2D eigenvalue weighted by atomic mass is 9.87. The van der Waals surface area contributed by atoms with E-state index in [1.807, 2.05) is 30.3 Å². The number of hydrogen-bond donors (Lipinski definition) is 0. The Bertz CT molecular complexity index is 372. The fraction of sp³-hybridized carbons (Fsp3) is 0.562. The maximum absolute atomic E-state index is 11.5. The monoisotopic (exact) mass is 260 g/mol. The average Bonchev–Trinajstić information content (AvgIpc) is 2.47. The molecular weight excluding hydrogens is 238 g/mol. The molecule has 1 aliphatic rings. The molecule has 1 amide bonds. The van der Waals surface area contributed by atoms with E-state index in [9.17, 15) is 4.79 Å². The van der Waals surface area contributed by atoms with Crippen molar-refractivity contribution in [2.75, 3.05) is 6.54 Å². The highest BCUT2D eigenvalue weighted by atomic mass is 16.5. The second-order valence-electron chi connectivity index (χ2n) is 5.21. The van der Waals surface area contributed by atoms with Crippen LogP contribution in [0.4, 0.5) is 4.79 Å². The van der Waals surface area contributed by atoms with Gasteiger partial charge in [-0.15, -0.1) is 0 Å². The average molecular weight is 260 g/mol. The molecule has 0 aliphatic heterocycles. The lowest BCUT2D eigenvalue weighted by Crippen LogP contribution is -2.20. The number of ether oxygens (including phenoxy) is 1. The summed E-state index contributed by atoms with van der Waals surface area (Å²) in [5.41, 5.74) is 0.998. The zero-order valence-corrected chi connectivity index (χ0v) is 11.4. The summed E-state index contributed by atoms with van der Waals surface area (Å²) in [5.74, 6) is 0.763. The van der Waals surface area contributed by atoms with Crippen molar-refractivity contribution in [1.29, 1.82) is 0 Å². The third kappa shape index (κ3) is 5.33. The number of nitrogens with zero attached hydrogens (tertiary/aromatic N) is 1. The molecule has 0 aromatic heterocycles. The van der Waals surface area contributed by atoms with Crippen molar-refractivity contribution in [3.63, 3.8) is 0 Å². The summed E-state index contributed by atoms with van der Waals surface area (Å²) in [7, 11) is 0. The minimum absolute atomic E-state index is 0.312. The van der Waals surface area contributed by atoms with Crippen LogP contribution in [0.1, 0.15) is 44.1 Å². The molecule has 1 fully saturated rings. The Morgan fingerprint density at radius 1 is 1.16 bits per heavy atom. The van der Waals surface area contributed by atoms with Crippen LogP contribution >= 0.6 is 0 Å². The van der Waals surface area contributed by atoms with E-state index < -0.39 is 6.09 Å². The number of hydrogen-bond acceptors (Lipinski definition) is 2.